The Hall–Kier alpha value is 0.310. The summed E-state index contributed by atoms with van der Waals surface area (Å²) in [7, 11) is 0. The number of hydrogen-bond acceptors (Lipinski definition) is 2. The van der Waals surface area contributed by atoms with E-state index in [2.05, 4.69) is 36.8 Å². The summed E-state index contributed by atoms with van der Waals surface area (Å²) in [6.07, 6.45) is 0. The molecule has 1 N–H and O–H groups in total. The fourth-order valence-electron chi connectivity index (χ4n) is 0.596. The SMILES string of the molecule is O=C(O)c1cc(I)c(Br)nc1Br. The van der Waals surface area contributed by atoms with E-state index in [1.807, 2.05) is 22.6 Å². The highest BCUT2D eigenvalue weighted by Gasteiger charge is 2.11. The van der Waals surface area contributed by atoms with Crippen LogP contribution in [0.25, 0.3) is 0 Å². The van der Waals surface area contributed by atoms with Crippen LogP contribution in [-0.2, 0) is 0 Å². The van der Waals surface area contributed by atoms with Gasteiger partial charge >= 0.3 is 5.97 Å². The van der Waals surface area contributed by atoms with E-state index in [1.165, 1.54) is 0 Å². The molecule has 6 heteroatoms. The number of carbonyl (C=O) groups is 1. The van der Waals surface area contributed by atoms with Gasteiger partial charge < -0.3 is 5.11 Å². The molecule has 0 saturated heterocycles. The molecule has 12 heavy (non-hydrogen) atoms. The summed E-state index contributed by atoms with van der Waals surface area (Å²) in [4.78, 5) is 14.5. The van der Waals surface area contributed by atoms with E-state index < -0.39 is 5.97 Å². The molecule has 0 fully saturated rings. The summed E-state index contributed by atoms with van der Waals surface area (Å²) >= 11 is 8.25. The second kappa shape index (κ2) is 4.01. The molecular formula is C6H2Br2INO2. The van der Waals surface area contributed by atoms with E-state index in [1.54, 1.807) is 6.07 Å². The largest absolute Gasteiger partial charge is 0.478 e. The van der Waals surface area contributed by atoms with Gasteiger partial charge in [-0.2, -0.15) is 0 Å². The average Bonchev–Trinajstić information content (AvgIpc) is 1.96. The quantitative estimate of drug-likeness (QED) is 0.576. The molecule has 3 nitrogen and oxygen atoms in total. The predicted octanol–water partition coefficient (Wildman–Crippen LogP) is 2.91. The van der Waals surface area contributed by atoms with Crippen molar-refractivity contribution < 1.29 is 9.90 Å². The van der Waals surface area contributed by atoms with Crippen LogP contribution >= 0.6 is 54.5 Å². The zero-order valence-electron chi connectivity index (χ0n) is 5.51. The molecule has 0 bridgehead atoms. The van der Waals surface area contributed by atoms with E-state index in [9.17, 15) is 4.79 Å². The lowest BCUT2D eigenvalue weighted by Gasteiger charge is -2.00. The van der Waals surface area contributed by atoms with Gasteiger partial charge in [0.05, 0.1) is 5.56 Å². The van der Waals surface area contributed by atoms with Gasteiger partial charge in [0.1, 0.15) is 9.21 Å². The van der Waals surface area contributed by atoms with Crippen LogP contribution in [0.1, 0.15) is 10.4 Å². The first kappa shape index (κ1) is 10.4. The van der Waals surface area contributed by atoms with Crippen LogP contribution in [0.5, 0.6) is 0 Å². The predicted molar refractivity (Wildman–Crippen MR) is 59.3 cm³/mol. The van der Waals surface area contributed by atoms with Gasteiger partial charge in [-0.25, -0.2) is 9.78 Å². The van der Waals surface area contributed by atoms with Crippen molar-refractivity contribution in [2.45, 2.75) is 0 Å². The van der Waals surface area contributed by atoms with Gasteiger partial charge in [-0.15, -0.1) is 0 Å². The maximum Gasteiger partial charge on any atom is 0.338 e. The molecule has 0 aliphatic heterocycles. The zero-order valence-corrected chi connectivity index (χ0v) is 10.8. The number of halogens is 3. The number of carboxylic acids is 1. The minimum absolute atomic E-state index is 0.169. The number of nitrogens with zero attached hydrogens (tertiary/aromatic N) is 1. The third-order valence-corrected chi connectivity index (χ3v) is 3.89. The van der Waals surface area contributed by atoms with Crippen molar-refractivity contribution in [2.75, 3.05) is 0 Å². The summed E-state index contributed by atoms with van der Waals surface area (Å²) in [6.45, 7) is 0. The smallest absolute Gasteiger partial charge is 0.338 e. The van der Waals surface area contributed by atoms with E-state index in [4.69, 9.17) is 5.11 Å². The molecule has 1 rings (SSSR count). The van der Waals surface area contributed by atoms with Crippen LogP contribution in [0.4, 0.5) is 0 Å². The Morgan fingerprint density at radius 1 is 1.50 bits per heavy atom. The van der Waals surface area contributed by atoms with Gasteiger partial charge in [-0.3, -0.25) is 0 Å². The van der Waals surface area contributed by atoms with Crippen LogP contribution in [0.3, 0.4) is 0 Å². The molecule has 0 aliphatic carbocycles. The second-order valence-corrected chi connectivity index (χ2v) is 4.57. The molecule has 0 atom stereocenters. The molecule has 0 unspecified atom stereocenters. The maximum absolute atomic E-state index is 10.6. The summed E-state index contributed by atoms with van der Waals surface area (Å²) in [5.41, 5.74) is 0.169. The minimum Gasteiger partial charge on any atom is -0.478 e. The van der Waals surface area contributed by atoms with Gasteiger partial charge in [0.25, 0.3) is 0 Å². The number of carboxylic acid groups (broad SMARTS) is 1. The number of pyridine rings is 1. The third-order valence-electron chi connectivity index (χ3n) is 1.12. The van der Waals surface area contributed by atoms with Gasteiger partial charge in [0.2, 0.25) is 0 Å². The van der Waals surface area contributed by atoms with Crippen LogP contribution in [0.15, 0.2) is 15.3 Å². The number of aromatic carboxylic acids is 1. The van der Waals surface area contributed by atoms with Crippen molar-refractivity contribution in [3.05, 3.63) is 24.4 Å². The Morgan fingerprint density at radius 2 is 2.08 bits per heavy atom. The van der Waals surface area contributed by atoms with Crippen molar-refractivity contribution in [1.82, 2.24) is 4.98 Å². The minimum atomic E-state index is -0.986. The van der Waals surface area contributed by atoms with E-state index >= 15 is 0 Å². The summed E-state index contributed by atoms with van der Waals surface area (Å²) in [6, 6.07) is 1.55. The Bertz CT molecular complexity index is 343. The van der Waals surface area contributed by atoms with Gasteiger partial charge in [0, 0.05) is 3.57 Å². The molecule has 0 radical (unpaired) electrons. The first-order valence-corrected chi connectivity index (χ1v) is 5.43. The average molecular weight is 407 g/mol. The van der Waals surface area contributed by atoms with Crippen molar-refractivity contribution in [1.29, 1.82) is 0 Å². The monoisotopic (exact) mass is 405 g/mol. The number of hydrogen-bond donors (Lipinski definition) is 1. The highest BCUT2D eigenvalue weighted by molar-refractivity contribution is 14.1. The Kier molecular flexibility index (Phi) is 3.47. The van der Waals surface area contributed by atoms with Gasteiger partial charge in [-0.1, -0.05) is 0 Å². The Balaban J connectivity index is 3.33. The molecule has 1 aromatic heterocycles. The molecular weight excluding hydrogens is 405 g/mol. The number of rotatable bonds is 1. The normalized spacial score (nSPS) is 9.92. The van der Waals surface area contributed by atoms with Crippen molar-refractivity contribution in [3.63, 3.8) is 0 Å². The lowest BCUT2D eigenvalue weighted by Crippen LogP contribution is -2.00. The van der Waals surface area contributed by atoms with Crippen LogP contribution in [0.2, 0.25) is 0 Å². The summed E-state index contributed by atoms with van der Waals surface area (Å²) in [5.74, 6) is -0.986. The zero-order chi connectivity index (χ0) is 9.30. The molecule has 0 aliphatic rings. The first-order valence-electron chi connectivity index (χ1n) is 2.77. The van der Waals surface area contributed by atoms with E-state index in [0.717, 1.165) is 3.57 Å². The molecule has 1 aromatic rings. The first-order chi connectivity index (χ1) is 5.52. The second-order valence-electron chi connectivity index (χ2n) is 1.90. The van der Waals surface area contributed by atoms with Crippen molar-refractivity contribution >= 4 is 60.4 Å². The molecule has 64 valence electrons. The fourth-order valence-corrected chi connectivity index (χ4v) is 2.02. The number of aromatic nitrogens is 1. The fraction of sp³-hybridized carbons (Fsp3) is 0. The Morgan fingerprint density at radius 3 is 2.58 bits per heavy atom. The van der Waals surface area contributed by atoms with Crippen LogP contribution in [-0.4, -0.2) is 16.1 Å². The van der Waals surface area contributed by atoms with Gasteiger partial charge in [0.15, 0.2) is 0 Å². The lowest BCUT2D eigenvalue weighted by molar-refractivity contribution is 0.0695. The van der Waals surface area contributed by atoms with Crippen LogP contribution in [0, 0.1) is 3.57 Å². The molecule has 0 amide bonds. The van der Waals surface area contributed by atoms with Gasteiger partial charge in [-0.05, 0) is 60.5 Å². The topological polar surface area (TPSA) is 50.2 Å². The lowest BCUT2D eigenvalue weighted by atomic mass is 10.3. The molecule has 0 spiro atoms. The highest BCUT2D eigenvalue weighted by Crippen LogP contribution is 2.23. The Labute approximate surface area is 99.0 Å². The van der Waals surface area contributed by atoms with E-state index in [-0.39, 0.29) is 5.56 Å². The van der Waals surface area contributed by atoms with Crippen LogP contribution < -0.4 is 0 Å². The summed E-state index contributed by atoms with van der Waals surface area (Å²) in [5, 5.41) is 8.69. The molecule has 1 heterocycles. The molecule has 0 aromatic carbocycles. The third kappa shape index (κ3) is 2.17. The van der Waals surface area contributed by atoms with Crippen molar-refractivity contribution in [3.8, 4) is 0 Å². The summed E-state index contributed by atoms with van der Waals surface area (Å²) < 4.78 is 1.75. The highest BCUT2D eigenvalue weighted by atomic mass is 127. The standard InChI is InChI=1S/C6H2Br2INO2/c7-4-2(6(11)12)1-3(9)5(8)10-4/h1H,(H,11,12). The van der Waals surface area contributed by atoms with E-state index in [0.29, 0.717) is 9.21 Å². The van der Waals surface area contributed by atoms with Crippen molar-refractivity contribution in [2.24, 2.45) is 0 Å². The molecule has 0 saturated carbocycles. The maximum atomic E-state index is 10.6.